The lowest BCUT2D eigenvalue weighted by Gasteiger charge is -2.21. The van der Waals surface area contributed by atoms with Crippen LogP contribution in [0.4, 0.5) is 4.79 Å². The van der Waals surface area contributed by atoms with Gasteiger partial charge in [-0.2, -0.15) is 0 Å². The molecule has 0 radical (unpaired) electrons. The molecule has 1 aliphatic carbocycles. The molecule has 3 rings (SSSR count). The maximum absolute atomic E-state index is 12.5. The lowest BCUT2D eigenvalue weighted by Crippen LogP contribution is -2.54. The first-order chi connectivity index (χ1) is 18.6. The van der Waals surface area contributed by atoms with E-state index in [-0.39, 0.29) is 19.3 Å². The number of carboxylic acid groups (broad SMARTS) is 1. The molecule has 0 unspecified atom stereocenters. The molecular weight excluding hydrogens is 508 g/mol. The zero-order valence-electron chi connectivity index (χ0n) is 21.9. The third-order valence-corrected chi connectivity index (χ3v) is 6.15. The molecule has 12 heteroatoms. The molecule has 12 nitrogen and oxygen atoms in total. The van der Waals surface area contributed by atoms with Gasteiger partial charge in [-0.05, 0) is 43.0 Å². The van der Waals surface area contributed by atoms with Crippen LogP contribution in [0.2, 0.25) is 0 Å². The number of benzene rings is 2. The minimum absolute atomic E-state index is 0.0916. The van der Waals surface area contributed by atoms with Crippen molar-refractivity contribution in [2.24, 2.45) is 0 Å². The van der Waals surface area contributed by atoms with Crippen molar-refractivity contribution < 1.29 is 38.6 Å². The second-order valence-electron chi connectivity index (χ2n) is 9.08. The molecule has 0 aliphatic heterocycles. The molecule has 0 spiro atoms. The Morgan fingerprint density at radius 1 is 0.769 bits per heavy atom. The fourth-order valence-corrected chi connectivity index (χ4v) is 4.10. The van der Waals surface area contributed by atoms with Crippen molar-refractivity contribution in [3.63, 3.8) is 0 Å². The number of alkyl carbamates (subject to hydrolysis) is 1. The minimum Gasteiger partial charge on any atom is -0.480 e. The molecule has 0 fully saturated rings. The van der Waals surface area contributed by atoms with Crippen LogP contribution in [0.25, 0.3) is 11.1 Å². The van der Waals surface area contributed by atoms with E-state index in [2.05, 4.69) is 21.3 Å². The topological polar surface area (TPSA) is 172 Å². The van der Waals surface area contributed by atoms with Gasteiger partial charge in [-0.25, -0.2) is 9.59 Å². The average Bonchev–Trinajstić information content (AvgIpc) is 3.23. The van der Waals surface area contributed by atoms with E-state index in [9.17, 15) is 24.0 Å². The minimum atomic E-state index is -1.18. The van der Waals surface area contributed by atoms with Crippen LogP contribution in [0, 0.1) is 0 Å². The molecule has 0 saturated carbocycles. The summed E-state index contributed by atoms with van der Waals surface area (Å²) < 4.78 is 10.2. The van der Waals surface area contributed by atoms with Crippen molar-refractivity contribution in [1.82, 2.24) is 21.3 Å². The zero-order valence-corrected chi connectivity index (χ0v) is 21.9. The highest BCUT2D eigenvalue weighted by Gasteiger charge is 2.30. The largest absolute Gasteiger partial charge is 0.480 e. The smallest absolute Gasteiger partial charge is 0.407 e. The van der Waals surface area contributed by atoms with Crippen LogP contribution >= 0.6 is 0 Å². The van der Waals surface area contributed by atoms with Gasteiger partial charge < -0.3 is 35.8 Å². The van der Waals surface area contributed by atoms with Gasteiger partial charge in [0.15, 0.2) is 0 Å². The first-order valence-corrected chi connectivity index (χ1v) is 12.4. The van der Waals surface area contributed by atoms with E-state index >= 15 is 0 Å². The monoisotopic (exact) mass is 540 g/mol. The summed E-state index contributed by atoms with van der Waals surface area (Å²) in [6.45, 7) is 3.47. The van der Waals surface area contributed by atoms with Crippen LogP contribution in [-0.2, 0) is 28.7 Å². The molecule has 0 aromatic heterocycles. The summed E-state index contributed by atoms with van der Waals surface area (Å²) >= 11 is 0. The third-order valence-electron chi connectivity index (χ3n) is 6.15. The lowest BCUT2D eigenvalue weighted by molar-refractivity contribution is -0.143. The molecule has 4 amide bonds. The number of rotatable bonds is 12. The number of hydrogen-bond donors (Lipinski definition) is 5. The maximum Gasteiger partial charge on any atom is 0.407 e. The van der Waals surface area contributed by atoms with Crippen molar-refractivity contribution in [3.05, 3.63) is 59.7 Å². The SMILES string of the molecule is C[C@H](NC(=O)OCC1c2ccccc2-c2ccccc21)C(=O)N[C@@H](C)C(=O)N[C@@H](C)C(=O)NCOCC(=O)O. The van der Waals surface area contributed by atoms with Crippen LogP contribution in [-0.4, -0.2) is 73.0 Å². The Hall–Kier alpha value is -4.45. The predicted molar refractivity (Wildman–Crippen MR) is 139 cm³/mol. The van der Waals surface area contributed by atoms with Gasteiger partial charge in [0.1, 0.15) is 38.1 Å². The summed E-state index contributed by atoms with van der Waals surface area (Å²) in [7, 11) is 0. The molecule has 1 aliphatic rings. The Balaban J connectivity index is 1.43. The Morgan fingerprint density at radius 3 is 1.79 bits per heavy atom. The summed E-state index contributed by atoms with van der Waals surface area (Å²) in [5.41, 5.74) is 4.32. The highest BCUT2D eigenvalue weighted by atomic mass is 16.5. The number of amides is 4. The van der Waals surface area contributed by atoms with Crippen LogP contribution < -0.4 is 21.3 Å². The predicted octanol–water partition coefficient (Wildman–Crippen LogP) is 1.10. The quantitative estimate of drug-likeness (QED) is 0.197. The number of carbonyl (C=O) groups excluding carboxylic acids is 4. The van der Waals surface area contributed by atoms with Crippen LogP contribution in [0.3, 0.4) is 0 Å². The highest BCUT2D eigenvalue weighted by Crippen LogP contribution is 2.44. The van der Waals surface area contributed by atoms with Gasteiger partial charge in [0.2, 0.25) is 17.7 Å². The molecule has 3 atom stereocenters. The fraction of sp³-hybridized carbons (Fsp3) is 0.370. The number of ether oxygens (including phenoxy) is 2. The summed E-state index contributed by atoms with van der Waals surface area (Å²) in [5, 5.41) is 18.2. The summed E-state index contributed by atoms with van der Waals surface area (Å²) in [4.78, 5) is 59.7. The summed E-state index contributed by atoms with van der Waals surface area (Å²) in [6.07, 6.45) is -0.771. The molecule has 0 saturated heterocycles. The van der Waals surface area contributed by atoms with Gasteiger partial charge in [0.05, 0.1) is 0 Å². The number of carboxylic acids is 1. The van der Waals surface area contributed by atoms with E-state index in [1.807, 2.05) is 48.5 Å². The molecular formula is C27H32N4O8. The van der Waals surface area contributed by atoms with Crippen LogP contribution in [0.1, 0.15) is 37.8 Å². The van der Waals surface area contributed by atoms with Crippen molar-refractivity contribution in [3.8, 4) is 11.1 Å². The Morgan fingerprint density at radius 2 is 1.26 bits per heavy atom. The number of carbonyl (C=O) groups is 5. The van der Waals surface area contributed by atoms with Crippen molar-refractivity contribution in [2.75, 3.05) is 19.9 Å². The first-order valence-electron chi connectivity index (χ1n) is 12.4. The van der Waals surface area contributed by atoms with E-state index in [0.29, 0.717) is 0 Å². The van der Waals surface area contributed by atoms with E-state index in [0.717, 1.165) is 22.3 Å². The Bertz CT molecular complexity index is 1190. The second-order valence-corrected chi connectivity index (χ2v) is 9.08. The van der Waals surface area contributed by atoms with Gasteiger partial charge >= 0.3 is 12.1 Å². The van der Waals surface area contributed by atoms with Gasteiger partial charge in [-0.15, -0.1) is 0 Å². The van der Waals surface area contributed by atoms with Gasteiger partial charge in [-0.1, -0.05) is 48.5 Å². The summed E-state index contributed by atoms with van der Waals surface area (Å²) in [6, 6.07) is 12.9. The number of fused-ring (bicyclic) bond motifs is 3. The molecule has 5 N–H and O–H groups in total. The van der Waals surface area contributed by atoms with Crippen molar-refractivity contribution in [2.45, 2.75) is 44.8 Å². The summed E-state index contributed by atoms with van der Waals surface area (Å²) in [5.74, 6) is -3.16. The van der Waals surface area contributed by atoms with Gasteiger partial charge in [0.25, 0.3) is 0 Å². The fourth-order valence-electron chi connectivity index (χ4n) is 4.10. The molecule has 208 valence electrons. The Kier molecular flexibility index (Phi) is 9.98. The first kappa shape index (κ1) is 29.1. The zero-order chi connectivity index (χ0) is 28.5. The highest BCUT2D eigenvalue weighted by molar-refractivity contribution is 5.93. The van der Waals surface area contributed by atoms with Gasteiger partial charge in [-0.3, -0.25) is 14.4 Å². The van der Waals surface area contributed by atoms with Crippen molar-refractivity contribution >= 4 is 29.8 Å². The van der Waals surface area contributed by atoms with E-state index in [1.54, 1.807) is 0 Å². The third kappa shape index (κ3) is 7.77. The van der Waals surface area contributed by atoms with E-state index in [1.165, 1.54) is 20.8 Å². The number of nitrogens with one attached hydrogen (secondary N) is 4. The molecule has 2 aromatic carbocycles. The molecule has 2 aromatic rings. The number of aliphatic carboxylic acids is 1. The Labute approximate surface area is 225 Å². The van der Waals surface area contributed by atoms with Crippen LogP contribution in [0.15, 0.2) is 48.5 Å². The standard InChI is InChI=1S/C27H32N4O8/c1-15(24(34)28-14-38-13-23(32)33)29-25(35)16(2)30-26(36)17(3)31-27(37)39-12-22-20-10-6-4-8-18(20)19-9-5-7-11-21(19)22/h4-11,15-17,22H,12-14H2,1-3H3,(H,28,34)(H,29,35)(H,30,36)(H,31,37)(H,32,33)/t15-,16-,17-/m0/s1. The lowest BCUT2D eigenvalue weighted by atomic mass is 9.98. The number of hydrogen-bond acceptors (Lipinski definition) is 7. The average molecular weight is 541 g/mol. The normalized spacial score (nSPS) is 14.1. The maximum atomic E-state index is 12.5. The second kappa shape index (κ2) is 13.4. The molecule has 39 heavy (non-hydrogen) atoms. The van der Waals surface area contributed by atoms with E-state index < -0.39 is 54.5 Å². The molecule has 0 heterocycles. The van der Waals surface area contributed by atoms with E-state index in [4.69, 9.17) is 14.6 Å². The molecule has 0 bridgehead atoms. The van der Waals surface area contributed by atoms with Gasteiger partial charge in [0, 0.05) is 5.92 Å². The van der Waals surface area contributed by atoms with Crippen LogP contribution in [0.5, 0.6) is 0 Å². The van der Waals surface area contributed by atoms with Crippen molar-refractivity contribution in [1.29, 1.82) is 0 Å².